The normalized spacial score (nSPS) is 24.0. The van der Waals surface area contributed by atoms with Crippen LogP contribution in [0.4, 0.5) is 0 Å². The first kappa shape index (κ1) is 12.0. The maximum Gasteiger partial charge on any atom is 0.0615 e. The van der Waals surface area contributed by atoms with Gasteiger partial charge in [-0.2, -0.15) is 0 Å². The van der Waals surface area contributed by atoms with Gasteiger partial charge in [-0.15, -0.1) is 0 Å². The summed E-state index contributed by atoms with van der Waals surface area (Å²) in [6, 6.07) is 0.506. The molecule has 1 fully saturated rings. The minimum atomic E-state index is 0.506. The van der Waals surface area contributed by atoms with E-state index < -0.39 is 0 Å². The van der Waals surface area contributed by atoms with Crippen LogP contribution < -0.4 is 5.32 Å². The second-order valence-electron chi connectivity index (χ2n) is 4.07. The fraction of sp³-hybridized carbons (Fsp3) is 1.00. The van der Waals surface area contributed by atoms with Crippen molar-refractivity contribution in [3.8, 4) is 0 Å². The lowest BCUT2D eigenvalue weighted by molar-refractivity contribution is 0.145. The molecule has 3 nitrogen and oxygen atoms in total. The Morgan fingerprint density at radius 2 is 2.43 bits per heavy atom. The van der Waals surface area contributed by atoms with E-state index in [2.05, 4.69) is 12.2 Å². The van der Waals surface area contributed by atoms with Crippen molar-refractivity contribution in [3.63, 3.8) is 0 Å². The van der Waals surface area contributed by atoms with E-state index in [-0.39, 0.29) is 0 Å². The van der Waals surface area contributed by atoms with Crippen LogP contribution in [-0.4, -0.2) is 39.5 Å². The van der Waals surface area contributed by atoms with Crippen molar-refractivity contribution in [2.75, 3.05) is 33.5 Å². The number of rotatable bonds is 7. The Labute approximate surface area is 87.2 Å². The van der Waals surface area contributed by atoms with Crippen molar-refractivity contribution < 1.29 is 9.47 Å². The molecule has 0 bridgehead atoms. The number of hydrogen-bond donors (Lipinski definition) is 1. The average Bonchev–Trinajstić information content (AvgIpc) is 2.67. The quantitative estimate of drug-likeness (QED) is 0.676. The monoisotopic (exact) mass is 201 g/mol. The molecule has 1 rings (SSSR count). The highest BCUT2D eigenvalue weighted by Crippen LogP contribution is 2.18. The molecule has 0 aromatic rings. The molecule has 1 saturated heterocycles. The Morgan fingerprint density at radius 1 is 1.57 bits per heavy atom. The maximum absolute atomic E-state index is 5.37. The zero-order valence-electron chi connectivity index (χ0n) is 9.42. The van der Waals surface area contributed by atoms with Gasteiger partial charge < -0.3 is 14.8 Å². The van der Waals surface area contributed by atoms with Crippen LogP contribution in [0.2, 0.25) is 0 Å². The van der Waals surface area contributed by atoms with Gasteiger partial charge in [0.2, 0.25) is 0 Å². The molecule has 2 unspecified atom stereocenters. The van der Waals surface area contributed by atoms with Gasteiger partial charge >= 0.3 is 0 Å². The highest BCUT2D eigenvalue weighted by Gasteiger charge is 2.20. The molecule has 1 heterocycles. The van der Waals surface area contributed by atoms with E-state index in [9.17, 15) is 0 Å². The van der Waals surface area contributed by atoms with Crippen LogP contribution in [0.25, 0.3) is 0 Å². The van der Waals surface area contributed by atoms with Crippen LogP contribution in [0.5, 0.6) is 0 Å². The third kappa shape index (κ3) is 4.40. The molecule has 0 saturated carbocycles. The van der Waals surface area contributed by atoms with Gasteiger partial charge in [0, 0.05) is 26.4 Å². The van der Waals surface area contributed by atoms with Crippen LogP contribution in [0.3, 0.4) is 0 Å². The Bertz CT molecular complexity index is 135. The van der Waals surface area contributed by atoms with Crippen molar-refractivity contribution in [1.82, 2.24) is 5.32 Å². The summed E-state index contributed by atoms with van der Waals surface area (Å²) >= 11 is 0. The van der Waals surface area contributed by atoms with Crippen molar-refractivity contribution in [1.29, 1.82) is 0 Å². The summed E-state index contributed by atoms with van der Waals surface area (Å²) in [6.07, 6.45) is 3.59. The molecule has 14 heavy (non-hydrogen) atoms. The van der Waals surface area contributed by atoms with Crippen molar-refractivity contribution in [2.24, 2.45) is 5.92 Å². The van der Waals surface area contributed by atoms with Gasteiger partial charge in [-0.3, -0.25) is 0 Å². The van der Waals surface area contributed by atoms with Gasteiger partial charge in [0.1, 0.15) is 0 Å². The Morgan fingerprint density at radius 3 is 3.00 bits per heavy atom. The van der Waals surface area contributed by atoms with Gasteiger partial charge in [0.25, 0.3) is 0 Å². The molecule has 1 aliphatic heterocycles. The molecule has 0 radical (unpaired) electrons. The van der Waals surface area contributed by atoms with Crippen LogP contribution in [0.1, 0.15) is 26.2 Å². The molecule has 0 amide bonds. The summed E-state index contributed by atoms with van der Waals surface area (Å²) in [5.74, 6) is 0.736. The molecule has 1 N–H and O–H groups in total. The summed E-state index contributed by atoms with van der Waals surface area (Å²) in [6.45, 7) is 5.97. The van der Waals surface area contributed by atoms with Crippen LogP contribution >= 0.6 is 0 Å². The van der Waals surface area contributed by atoms with E-state index in [0.29, 0.717) is 6.04 Å². The van der Waals surface area contributed by atoms with Gasteiger partial charge in [-0.25, -0.2) is 0 Å². The number of ether oxygens (including phenoxy) is 2. The van der Waals surface area contributed by atoms with Crippen LogP contribution in [0.15, 0.2) is 0 Å². The van der Waals surface area contributed by atoms with E-state index in [4.69, 9.17) is 9.47 Å². The first-order chi connectivity index (χ1) is 6.86. The third-order valence-electron chi connectivity index (χ3n) is 2.69. The molecule has 84 valence electrons. The molecule has 0 aromatic heterocycles. The molecule has 0 spiro atoms. The first-order valence-electron chi connectivity index (χ1n) is 5.66. The first-order valence-corrected chi connectivity index (χ1v) is 5.66. The minimum Gasteiger partial charge on any atom is -0.383 e. The third-order valence-corrected chi connectivity index (χ3v) is 2.69. The summed E-state index contributed by atoms with van der Waals surface area (Å²) < 4.78 is 10.6. The molecule has 0 aliphatic carbocycles. The lowest BCUT2D eigenvalue weighted by Crippen LogP contribution is -2.35. The minimum absolute atomic E-state index is 0.506. The van der Waals surface area contributed by atoms with Crippen molar-refractivity contribution >= 4 is 0 Å². The fourth-order valence-electron chi connectivity index (χ4n) is 1.93. The lowest BCUT2D eigenvalue weighted by atomic mass is 9.99. The molecule has 1 aliphatic rings. The van der Waals surface area contributed by atoms with Gasteiger partial charge in [0.15, 0.2) is 0 Å². The maximum atomic E-state index is 5.37. The number of methoxy groups -OCH3 is 1. The Balaban J connectivity index is 2.18. The van der Waals surface area contributed by atoms with E-state index in [1.165, 1.54) is 19.3 Å². The number of hydrogen-bond acceptors (Lipinski definition) is 3. The molecule has 0 aromatic carbocycles. The van der Waals surface area contributed by atoms with Crippen molar-refractivity contribution in [2.45, 2.75) is 32.2 Å². The SMILES string of the molecule is CCCNC(COC)CC1CCOC1. The summed E-state index contributed by atoms with van der Waals surface area (Å²) in [7, 11) is 1.77. The van der Waals surface area contributed by atoms with E-state index in [1.807, 2.05) is 0 Å². The van der Waals surface area contributed by atoms with Gasteiger partial charge in [0.05, 0.1) is 6.61 Å². The topological polar surface area (TPSA) is 30.5 Å². The Hall–Kier alpha value is -0.120. The van der Waals surface area contributed by atoms with E-state index >= 15 is 0 Å². The van der Waals surface area contributed by atoms with Gasteiger partial charge in [-0.05, 0) is 31.7 Å². The number of nitrogens with one attached hydrogen (secondary N) is 1. The lowest BCUT2D eigenvalue weighted by Gasteiger charge is -2.20. The predicted molar refractivity (Wildman–Crippen MR) is 57.5 cm³/mol. The second kappa shape index (κ2) is 7.21. The second-order valence-corrected chi connectivity index (χ2v) is 4.07. The van der Waals surface area contributed by atoms with Gasteiger partial charge in [-0.1, -0.05) is 6.92 Å². The van der Waals surface area contributed by atoms with Crippen LogP contribution in [-0.2, 0) is 9.47 Å². The van der Waals surface area contributed by atoms with E-state index in [1.54, 1.807) is 7.11 Å². The standard InChI is InChI=1S/C11H23NO2/c1-3-5-12-11(9-13-2)7-10-4-6-14-8-10/h10-12H,3-9H2,1-2H3. The highest BCUT2D eigenvalue weighted by molar-refractivity contribution is 4.74. The summed E-state index contributed by atoms with van der Waals surface area (Å²) in [5.41, 5.74) is 0. The zero-order chi connectivity index (χ0) is 10.2. The zero-order valence-corrected chi connectivity index (χ0v) is 9.42. The highest BCUT2D eigenvalue weighted by atomic mass is 16.5. The largest absolute Gasteiger partial charge is 0.383 e. The fourth-order valence-corrected chi connectivity index (χ4v) is 1.93. The summed E-state index contributed by atoms with van der Waals surface area (Å²) in [4.78, 5) is 0. The molecular weight excluding hydrogens is 178 g/mol. The smallest absolute Gasteiger partial charge is 0.0615 e. The summed E-state index contributed by atoms with van der Waals surface area (Å²) in [5, 5.41) is 3.52. The molecule has 2 atom stereocenters. The Kier molecular flexibility index (Phi) is 6.15. The van der Waals surface area contributed by atoms with E-state index in [0.717, 1.165) is 32.3 Å². The molecule has 3 heteroatoms. The predicted octanol–water partition coefficient (Wildman–Crippen LogP) is 1.43. The van der Waals surface area contributed by atoms with Crippen molar-refractivity contribution in [3.05, 3.63) is 0 Å². The molecular formula is C11H23NO2. The van der Waals surface area contributed by atoms with Crippen LogP contribution in [0, 0.1) is 5.92 Å². The average molecular weight is 201 g/mol.